The molecule has 0 bridgehead atoms. The average Bonchev–Trinajstić information content (AvgIpc) is 2.62. The lowest BCUT2D eigenvalue weighted by atomic mass is 10.1. The van der Waals surface area contributed by atoms with Gasteiger partial charge in [0.15, 0.2) is 0 Å². The van der Waals surface area contributed by atoms with Gasteiger partial charge in [0, 0.05) is 5.69 Å². The highest BCUT2D eigenvalue weighted by molar-refractivity contribution is 6.39. The third-order valence-electron chi connectivity index (χ3n) is 3.71. The number of amides is 2. The summed E-state index contributed by atoms with van der Waals surface area (Å²) in [5.41, 5.74) is 3.11. The Labute approximate surface area is 141 Å². The van der Waals surface area contributed by atoms with Crippen molar-refractivity contribution in [1.29, 1.82) is 5.26 Å². The molecule has 0 heterocycles. The van der Waals surface area contributed by atoms with Crippen molar-refractivity contribution < 1.29 is 9.59 Å². The number of nitrogens with one attached hydrogen (secondary N) is 2. The second-order valence-corrected chi connectivity index (χ2v) is 5.43. The monoisotopic (exact) mass is 321 g/mol. The Morgan fingerprint density at radius 2 is 1.67 bits per heavy atom. The number of anilines is 1. The molecule has 0 aliphatic heterocycles. The van der Waals surface area contributed by atoms with Crippen LogP contribution in [0.15, 0.2) is 48.5 Å². The first-order chi connectivity index (χ1) is 11.5. The van der Waals surface area contributed by atoms with Gasteiger partial charge in [-0.05, 0) is 48.7 Å². The van der Waals surface area contributed by atoms with Crippen LogP contribution in [0, 0.1) is 11.3 Å². The Hall–Kier alpha value is -3.13. The fraction of sp³-hybridized carbons (Fsp3) is 0.211. The molecule has 0 saturated carbocycles. The largest absolute Gasteiger partial charge is 0.341 e. The summed E-state index contributed by atoms with van der Waals surface area (Å²) in [5, 5.41) is 13.9. The van der Waals surface area contributed by atoms with E-state index in [0.29, 0.717) is 11.3 Å². The minimum absolute atomic E-state index is 0.268. The van der Waals surface area contributed by atoms with Crippen molar-refractivity contribution in [2.45, 2.75) is 26.3 Å². The molecular formula is C19H19N3O2. The van der Waals surface area contributed by atoms with Gasteiger partial charge in [0.25, 0.3) is 0 Å². The predicted molar refractivity (Wildman–Crippen MR) is 92.2 cm³/mol. The van der Waals surface area contributed by atoms with E-state index >= 15 is 0 Å². The van der Waals surface area contributed by atoms with E-state index in [-0.39, 0.29) is 6.04 Å². The van der Waals surface area contributed by atoms with Gasteiger partial charge in [-0.2, -0.15) is 5.26 Å². The molecule has 122 valence electrons. The molecule has 0 saturated heterocycles. The van der Waals surface area contributed by atoms with E-state index in [0.717, 1.165) is 12.0 Å². The Morgan fingerprint density at radius 1 is 1.04 bits per heavy atom. The van der Waals surface area contributed by atoms with Crippen LogP contribution in [0.4, 0.5) is 5.69 Å². The van der Waals surface area contributed by atoms with Gasteiger partial charge in [-0.3, -0.25) is 9.59 Å². The lowest BCUT2D eigenvalue weighted by Gasteiger charge is -2.14. The summed E-state index contributed by atoms with van der Waals surface area (Å²) in [4.78, 5) is 23.9. The topological polar surface area (TPSA) is 82.0 Å². The van der Waals surface area contributed by atoms with Crippen molar-refractivity contribution in [3.8, 4) is 6.07 Å². The minimum Gasteiger partial charge on any atom is -0.341 e. The molecule has 1 unspecified atom stereocenters. The number of benzene rings is 2. The normalized spacial score (nSPS) is 11.2. The molecule has 0 radical (unpaired) electrons. The van der Waals surface area contributed by atoms with Gasteiger partial charge in [0.2, 0.25) is 0 Å². The zero-order chi connectivity index (χ0) is 17.5. The zero-order valence-corrected chi connectivity index (χ0v) is 13.7. The highest BCUT2D eigenvalue weighted by Gasteiger charge is 2.17. The number of carbonyl (C=O) groups excluding carboxylic acids is 2. The van der Waals surface area contributed by atoms with Gasteiger partial charge in [-0.25, -0.2) is 0 Å². The van der Waals surface area contributed by atoms with Crippen LogP contribution in [-0.4, -0.2) is 11.8 Å². The molecule has 2 rings (SSSR count). The molecule has 2 aromatic carbocycles. The van der Waals surface area contributed by atoms with Crippen molar-refractivity contribution in [1.82, 2.24) is 5.32 Å². The fourth-order valence-corrected chi connectivity index (χ4v) is 2.20. The van der Waals surface area contributed by atoms with Crippen molar-refractivity contribution in [2.24, 2.45) is 0 Å². The van der Waals surface area contributed by atoms with Gasteiger partial charge in [-0.1, -0.05) is 31.2 Å². The van der Waals surface area contributed by atoms with Crippen LogP contribution in [-0.2, 0) is 16.0 Å². The van der Waals surface area contributed by atoms with Crippen LogP contribution in [0.2, 0.25) is 0 Å². The summed E-state index contributed by atoms with van der Waals surface area (Å²) in [6, 6.07) is 15.9. The van der Waals surface area contributed by atoms with E-state index in [1.165, 1.54) is 5.56 Å². The van der Waals surface area contributed by atoms with E-state index in [9.17, 15) is 9.59 Å². The standard InChI is InChI=1S/C19H19N3O2/c1-3-14-4-8-16(9-5-14)13(2)21-18(23)19(24)22-17-10-6-15(12-20)7-11-17/h4-11,13H,3H2,1-2H3,(H,21,23)(H,22,24). The molecule has 24 heavy (non-hydrogen) atoms. The summed E-state index contributed by atoms with van der Waals surface area (Å²) in [5.74, 6) is -1.44. The molecule has 5 nitrogen and oxygen atoms in total. The maximum absolute atomic E-state index is 12.0. The molecule has 0 aromatic heterocycles. The summed E-state index contributed by atoms with van der Waals surface area (Å²) < 4.78 is 0. The smallest absolute Gasteiger partial charge is 0.313 e. The van der Waals surface area contributed by atoms with Gasteiger partial charge < -0.3 is 10.6 Å². The predicted octanol–water partition coefficient (Wildman–Crippen LogP) is 2.94. The average molecular weight is 321 g/mol. The summed E-state index contributed by atoms with van der Waals surface area (Å²) in [6.45, 7) is 3.90. The lowest BCUT2D eigenvalue weighted by Crippen LogP contribution is -2.36. The number of nitrogens with zero attached hydrogens (tertiary/aromatic N) is 1. The minimum atomic E-state index is -0.739. The van der Waals surface area contributed by atoms with Gasteiger partial charge in [-0.15, -0.1) is 0 Å². The van der Waals surface area contributed by atoms with Gasteiger partial charge in [0.1, 0.15) is 0 Å². The first-order valence-electron chi connectivity index (χ1n) is 7.74. The molecule has 2 aromatic rings. The molecule has 1 atom stereocenters. The quantitative estimate of drug-likeness (QED) is 0.849. The first kappa shape index (κ1) is 17.2. The molecule has 5 heteroatoms. The van der Waals surface area contributed by atoms with E-state index in [1.807, 2.05) is 37.3 Å². The Bertz CT molecular complexity index is 759. The summed E-state index contributed by atoms with van der Waals surface area (Å²) in [6.07, 6.45) is 0.952. The maximum atomic E-state index is 12.0. The van der Waals surface area contributed by atoms with E-state index in [1.54, 1.807) is 24.3 Å². The molecule has 0 aliphatic rings. The number of hydrogen-bond acceptors (Lipinski definition) is 3. The van der Waals surface area contributed by atoms with Crippen LogP contribution in [0.5, 0.6) is 0 Å². The van der Waals surface area contributed by atoms with E-state index in [2.05, 4.69) is 17.6 Å². The number of hydrogen-bond donors (Lipinski definition) is 2. The number of rotatable bonds is 4. The van der Waals surface area contributed by atoms with Crippen LogP contribution in [0.1, 0.15) is 36.6 Å². The molecule has 0 aliphatic carbocycles. The summed E-state index contributed by atoms with van der Waals surface area (Å²) >= 11 is 0. The van der Waals surface area contributed by atoms with Crippen LogP contribution >= 0.6 is 0 Å². The van der Waals surface area contributed by atoms with Gasteiger partial charge >= 0.3 is 11.8 Å². The molecule has 2 amide bonds. The second kappa shape index (κ2) is 7.93. The van der Waals surface area contributed by atoms with E-state index in [4.69, 9.17) is 5.26 Å². The molecule has 0 spiro atoms. The highest BCUT2D eigenvalue weighted by Crippen LogP contribution is 2.14. The Kier molecular flexibility index (Phi) is 5.69. The van der Waals surface area contributed by atoms with Crippen molar-refractivity contribution in [2.75, 3.05) is 5.32 Å². The fourth-order valence-electron chi connectivity index (χ4n) is 2.20. The van der Waals surface area contributed by atoms with Gasteiger partial charge in [0.05, 0.1) is 17.7 Å². The van der Waals surface area contributed by atoms with Crippen LogP contribution < -0.4 is 10.6 Å². The molecule has 2 N–H and O–H groups in total. The zero-order valence-electron chi connectivity index (χ0n) is 13.7. The van der Waals surface area contributed by atoms with Crippen LogP contribution in [0.3, 0.4) is 0 Å². The number of aryl methyl sites for hydroxylation is 1. The maximum Gasteiger partial charge on any atom is 0.313 e. The first-order valence-corrected chi connectivity index (χ1v) is 7.74. The highest BCUT2D eigenvalue weighted by atomic mass is 16.2. The molecule has 0 fully saturated rings. The SMILES string of the molecule is CCc1ccc(C(C)NC(=O)C(=O)Nc2ccc(C#N)cc2)cc1. The lowest BCUT2D eigenvalue weighted by molar-refractivity contribution is -0.136. The number of nitriles is 1. The van der Waals surface area contributed by atoms with Crippen molar-refractivity contribution in [3.63, 3.8) is 0 Å². The van der Waals surface area contributed by atoms with Crippen molar-refractivity contribution >= 4 is 17.5 Å². The van der Waals surface area contributed by atoms with E-state index < -0.39 is 11.8 Å². The Balaban J connectivity index is 1.94. The third-order valence-corrected chi connectivity index (χ3v) is 3.71. The third kappa shape index (κ3) is 4.43. The van der Waals surface area contributed by atoms with Crippen molar-refractivity contribution in [3.05, 3.63) is 65.2 Å². The Morgan fingerprint density at radius 3 is 2.21 bits per heavy atom. The number of carbonyl (C=O) groups is 2. The summed E-state index contributed by atoms with van der Waals surface area (Å²) in [7, 11) is 0. The van der Waals surface area contributed by atoms with Crippen LogP contribution in [0.25, 0.3) is 0 Å². The molecular weight excluding hydrogens is 302 g/mol. The second-order valence-electron chi connectivity index (χ2n) is 5.43.